The summed E-state index contributed by atoms with van der Waals surface area (Å²) in [7, 11) is 1.53. The van der Waals surface area contributed by atoms with Crippen LogP contribution in [0.15, 0.2) is 18.2 Å². The van der Waals surface area contributed by atoms with E-state index >= 15 is 0 Å². The van der Waals surface area contributed by atoms with Crippen molar-refractivity contribution in [1.29, 1.82) is 0 Å². The first-order valence-electron chi connectivity index (χ1n) is 5.22. The molecule has 0 radical (unpaired) electrons. The van der Waals surface area contributed by atoms with Crippen molar-refractivity contribution in [2.45, 2.75) is 19.5 Å². The number of hydrogen-bond acceptors (Lipinski definition) is 3. The highest BCUT2D eigenvalue weighted by atomic mass is 32.2. The third-order valence-electron chi connectivity index (χ3n) is 2.32. The molecule has 1 unspecified atom stereocenters. The first kappa shape index (κ1) is 13.3. The van der Waals surface area contributed by atoms with E-state index in [2.05, 4.69) is 18.5 Å². The van der Waals surface area contributed by atoms with E-state index in [1.165, 1.54) is 13.2 Å². The van der Waals surface area contributed by atoms with E-state index in [0.717, 1.165) is 5.75 Å². The first-order chi connectivity index (χ1) is 7.67. The minimum Gasteiger partial charge on any atom is -0.497 e. The Morgan fingerprint density at radius 1 is 1.50 bits per heavy atom. The molecule has 4 heteroatoms. The summed E-state index contributed by atoms with van der Waals surface area (Å²) in [6.45, 7) is 2.65. The van der Waals surface area contributed by atoms with Crippen molar-refractivity contribution in [2.24, 2.45) is 0 Å². The van der Waals surface area contributed by atoms with E-state index < -0.39 is 0 Å². The van der Waals surface area contributed by atoms with Crippen LogP contribution in [0, 0.1) is 5.82 Å². The number of rotatable bonds is 6. The molecule has 1 aromatic rings. The van der Waals surface area contributed by atoms with Crippen LogP contribution in [0.1, 0.15) is 12.5 Å². The summed E-state index contributed by atoms with van der Waals surface area (Å²) in [5, 5.41) is 3.28. The quantitative estimate of drug-likeness (QED) is 0.830. The molecule has 16 heavy (non-hydrogen) atoms. The van der Waals surface area contributed by atoms with Gasteiger partial charge in [0.1, 0.15) is 11.6 Å². The van der Waals surface area contributed by atoms with Crippen molar-refractivity contribution >= 4 is 11.8 Å². The van der Waals surface area contributed by atoms with Crippen LogP contribution in [0.3, 0.4) is 0 Å². The molecule has 0 aliphatic carbocycles. The lowest BCUT2D eigenvalue weighted by molar-refractivity contribution is 0.410. The topological polar surface area (TPSA) is 21.3 Å². The lowest BCUT2D eigenvalue weighted by atomic mass is 10.2. The largest absolute Gasteiger partial charge is 0.497 e. The second-order valence-electron chi connectivity index (χ2n) is 3.69. The van der Waals surface area contributed by atoms with Crippen LogP contribution in [0.25, 0.3) is 0 Å². The van der Waals surface area contributed by atoms with Gasteiger partial charge in [-0.1, -0.05) is 6.07 Å². The van der Waals surface area contributed by atoms with Crippen molar-refractivity contribution in [3.63, 3.8) is 0 Å². The van der Waals surface area contributed by atoms with Crippen molar-refractivity contribution < 1.29 is 9.13 Å². The molecule has 0 saturated carbocycles. The number of benzene rings is 1. The molecule has 1 aromatic carbocycles. The van der Waals surface area contributed by atoms with Crippen LogP contribution < -0.4 is 10.1 Å². The molecule has 1 N–H and O–H groups in total. The highest BCUT2D eigenvalue weighted by Crippen LogP contribution is 2.16. The maximum atomic E-state index is 13.5. The second-order valence-corrected chi connectivity index (χ2v) is 4.61. The molecule has 0 aromatic heterocycles. The van der Waals surface area contributed by atoms with Crippen molar-refractivity contribution in [3.05, 3.63) is 29.6 Å². The van der Waals surface area contributed by atoms with Gasteiger partial charge in [-0.25, -0.2) is 4.39 Å². The summed E-state index contributed by atoms with van der Waals surface area (Å²) >= 11 is 1.78. The summed E-state index contributed by atoms with van der Waals surface area (Å²) in [6.07, 6.45) is 2.06. The molecule has 0 aliphatic heterocycles. The molecule has 0 spiro atoms. The fraction of sp³-hybridized carbons (Fsp3) is 0.500. The van der Waals surface area contributed by atoms with Gasteiger partial charge in [0, 0.05) is 30.0 Å². The molecular formula is C12H18FNOS. The lowest BCUT2D eigenvalue weighted by Gasteiger charge is -2.13. The molecule has 0 bridgehead atoms. The average molecular weight is 243 g/mol. The van der Waals surface area contributed by atoms with Crippen LogP contribution in [0.2, 0.25) is 0 Å². The Kier molecular flexibility index (Phi) is 5.63. The normalized spacial score (nSPS) is 12.5. The summed E-state index contributed by atoms with van der Waals surface area (Å²) in [5.74, 6) is 1.36. The van der Waals surface area contributed by atoms with Gasteiger partial charge in [-0.05, 0) is 19.2 Å². The van der Waals surface area contributed by atoms with E-state index in [4.69, 9.17) is 4.74 Å². The van der Waals surface area contributed by atoms with Gasteiger partial charge in [0.25, 0.3) is 0 Å². The Bertz CT molecular complexity index is 333. The Hall–Kier alpha value is -0.740. The number of methoxy groups -OCH3 is 1. The summed E-state index contributed by atoms with van der Waals surface area (Å²) in [5.41, 5.74) is 0.675. The van der Waals surface area contributed by atoms with Crippen LogP contribution in [-0.2, 0) is 6.54 Å². The highest BCUT2D eigenvalue weighted by Gasteiger charge is 2.05. The number of ether oxygens (including phenoxy) is 1. The average Bonchev–Trinajstić information content (AvgIpc) is 2.27. The van der Waals surface area contributed by atoms with Crippen LogP contribution in [-0.4, -0.2) is 25.2 Å². The van der Waals surface area contributed by atoms with Gasteiger partial charge < -0.3 is 10.1 Å². The summed E-state index contributed by atoms with van der Waals surface area (Å²) in [6, 6.07) is 5.33. The number of hydrogen-bond donors (Lipinski definition) is 1. The zero-order chi connectivity index (χ0) is 12.0. The van der Waals surface area contributed by atoms with Gasteiger partial charge in [-0.3, -0.25) is 0 Å². The van der Waals surface area contributed by atoms with E-state index in [9.17, 15) is 4.39 Å². The molecule has 0 saturated heterocycles. The minimum absolute atomic E-state index is 0.219. The third-order valence-corrected chi connectivity index (χ3v) is 3.15. The Balaban J connectivity index is 2.54. The van der Waals surface area contributed by atoms with Gasteiger partial charge in [0.05, 0.1) is 7.11 Å². The van der Waals surface area contributed by atoms with E-state index in [-0.39, 0.29) is 5.82 Å². The van der Waals surface area contributed by atoms with E-state index in [1.54, 1.807) is 23.9 Å². The summed E-state index contributed by atoms with van der Waals surface area (Å²) < 4.78 is 18.5. The van der Waals surface area contributed by atoms with Crippen molar-refractivity contribution in [1.82, 2.24) is 5.32 Å². The molecule has 0 fully saturated rings. The van der Waals surface area contributed by atoms with Crippen LogP contribution >= 0.6 is 11.8 Å². The van der Waals surface area contributed by atoms with Gasteiger partial charge in [0.15, 0.2) is 0 Å². The first-order valence-corrected chi connectivity index (χ1v) is 6.61. The van der Waals surface area contributed by atoms with Crippen LogP contribution in [0.4, 0.5) is 4.39 Å². The zero-order valence-electron chi connectivity index (χ0n) is 9.92. The second kappa shape index (κ2) is 6.76. The minimum atomic E-state index is -0.219. The van der Waals surface area contributed by atoms with Gasteiger partial charge >= 0.3 is 0 Å². The van der Waals surface area contributed by atoms with Crippen molar-refractivity contribution in [2.75, 3.05) is 19.1 Å². The molecule has 0 aliphatic rings. The monoisotopic (exact) mass is 243 g/mol. The van der Waals surface area contributed by atoms with Crippen LogP contribution in [0.5, 0.6) is 5.75 Å². The summed E-state index contributed by atoms with van der Waals surface area (Å²) in [4.78, 5) is 0. The smallest absolute Gasteiger partial charge is 0.131 e. The third kappa shape index (κ3) is 4.02. The Morgan fingerprint density at radius 3 is 2.81 bits per heavy atom. The maximum absolute atomic E-state index is 13.5. The fourth-order valence-electron chi connectivity index (χ4n) is 1.39. The number of thioether (sulfide) groups is 1. The zero-order valence-corrected chi connectivity index (χ0v) is 10.7. The fourth-order valence-corrected chi connectivity index (χ4v) is 2.01. The molecule has 1 atom stereocenters. The molecule has 1 rings (SSSR count). The lowest BCUT2D eigenvalue weighted by Crippen LogP contribution is -2.27. The Labute approximate surface area is 101 Å². The van der Waals surface area contributed by atoms with Gasteiger partial charge in [-0.15, -0.1) is 0 Å². The number of nitrogens with one attached hydrogen (secondary N) is 1. The van der Waals surface area contributed by atoms with Crippen molar-refractivity contribution in [3.8, 4) is 5.75 Å². The predicted octanol–water partition coefficient (Wildman–Crippen LogP) is 2.68. The maximum Gasteiger partial charge on any atom is 0.131 e. The SMILES string of the molecule is COc1ccc(CNC(C)CSC)c(F)c1. The molecule has 0 amide bonds. The van der Waals surface area contributed by atoms with Gasteiger partial charge in [-0.2, -0.15) is 11.8 Å². The van der Waals surface area contributed by atoms with Gasteiger partial charge in [0.2, 0.25) is 0 Å². The van der Waals surface area contributed by atoms with E-state index in [1.807, 2.05) is 0 Å². The Morgan fingerprint density at radius 2 is 2.25 bits per heavy atom. The van der Waals surface area contributed by atoms with E-state index in [0.29, 0.717) is 23.9 Å². The number of halogens is 1. The molecule has 2 nitrogen and oxygen atoms in total. The highest BCUT2D eigenvalue weighted by molar-refractivity contribution is 7.98. The predicted molar refractivity (Wildman–Crippen MR) is 67.6 cm³/mol. The standard InChI is InChI=1S/C12H18FNOS/c1-9(8-16-3)14-7-10-4-5-11(15-2)6-12(10)13/h4-6,9,14H,7-8H2,1-3H3. The molecule has 90 valence electrons. The molecule has 0 heterocycles. The molecular weight excluding hydrogens is 225 g/mol.